The third kappa shape index (κ3) is 3.89. The highest BCUT2D eigenvalue weighted by Gasteiger charge is 2.17. The lowest BCUT2D eigenvalue weighted by molar-refractivity contribution is -0.385. The molecule has 1 amide bonds. The van der Waals surface area contributed by atoms with Crippen molar-refractivity contribution < 1.29 is 19.2 Å². The van der Waals surface area contributed by atoms with Crippen molar-refractivity contribution in [2.45, 2.75) is 0 Å². The van der Waals surface area contributed by atoms with Crippen molar-refractivity contribution in [1.82, 2.24) is 19.8 Å². The van der Waals surface area contributed by atoms with Crippen molar-refractivity contribution in [1.29, 1.82) is 0 Å². The molecule has 0 unspecified atom stereocenters. The number of nitro groups is 1. The van der Waals surface area contributed by atoms with Crippen LogP contribution in [0.3, 0.4) is 0 Å². The number of methoxy groups -OCH3 is 1. The minimum Gasteiger partial charge on any atom is -0.495 e. The maximum Gasteiger partial charge on any atom is 0.310 e. The van der Waals surface area contributed by atoms with Gasteiger partial charge < -0.3 is 14.8 Å². The summed E-state index contributed by atoms with van der Waals surface area (Å²) in [6.07, 6.45) is 1.50. The molecule has 0 bridgehead atoms. The van der Waals surface area contributed by atoms with Crippen LogP contribution in [0.15, 0.2) is 48.8 Å². The van der Waals surface area contributed by atoms with Crippen LogP contribution in [0, 0.1) is 10.1 Å². The van der Waals surface area contributed by atoms with Crippen molar-refractivity contribution in [2.24, 2.45) is 0 Å². The Bertz CT molecular complexity index is 1210. The SMILES string of the molecule is COc1ccc(-c2nn3cnnc3s2)cc1NC(=O)COc1ccccc1[N+](=O)[O-]. The molecular formula is C18H14N6O5S. The van der Waals surface area contributed by atoms with Crippen LogP contribution in [0.5, 0.6) is 11.5 Å². The van der Waals surface area contributed by atoms with Crippen LogP contribution in [-0.2, 0) is 4.79 Å². The molecule has 0 spiro atoms. The van der Waals surface area contributed by atoms with Crippen LogP contribution in [0.4, 0.5) is 11.4 Å². The Hall–Kier alpha value is -4.06. The number of fused-ring (bicyclic) bond motifs is 1. The fraction of sp³-hybridized carbons (Fsp3) is 0.111. The van der Waals surface area contributed by atoms with Gasteiger partial charge in [0, 0.05) is 11.6 Å². The Morgan fingerprint density at radius 1 is 1.27 bits per heavy atom. The van der Waals surface area contributed by atoms with Gasteiger partial charge in [-0.3, -0.25) is 14.9 Å². The van der Waals surface area contributed by atoms with Crippen LogP contribution in [0.25, 0.3) is 15.5 Å². The molecule has 0 radical (unpaired) electrons. The second-order valence-electron chi connectivity index (χ2n) is 5.94. The van der Waals surface area contributed by atoms with Crippen LogP contribution in [0.2, 0.25) is 0 Å². The molecule has 2 aromatic heterocycles. The quantitative estimate of drug-likeness (QED) is 0.352. The number of nitro benzene ring substituents is 1. The van der Waals surface area contributed by atoms with Gasteiger partial charge in [0.1, 0.15) is 17.1 Å². The number of benzene rings is 2. The van der Waals surface area contributed by atoms with Gasteiger partial charge in [-0.1, -0.05) is 23.5 Å². The average molecular weight is 426 g/mol. The van der Waals surface area contributed by atoms with Gasteiger partial charge in [-0.25, -0.2) is 0 Å². The van der Waals surface area contributed by atoms with E-state index in [2.05, 4.69) is 20.6 Å². The van der Waals surface area contributed by atoms with E-state index in [9.17, 15) is 14.9 Å². The van der Waals surface area contributed by atoms with E-state index in [0.29, 0.717) is 21.4 Å². The van der Waals surface area contributed by atoms with Crippen LogP contribution in [-0.4, -0.2) is 44.4 Å². The Labute approximate surface area is 173 Å². The first-order chi connectivity index (χ1) is 14.5. The number of ether oxygens (including phenoxy) is 2. The van der Waals surface area contributed by atoms with Gasteiger partial charge >= 0.3 is 5.69 Å². The standard InChI is InChI=1S/C18H14N6O5S/c1-28-14-7-6-11(17-22-23-10-19-21-18(23)30-17)8-12(14)20-16(25)9-29-15-5-3-2-4-13(15)24(26)27/h2-8,10H,9H2,1H3,(H,20,25). The largest absolute Gasteiger partial charge is 0.495 e. The second-order valence-corrected chi connectivity index (χ2v) is 6.90. The molecule has 11 nitrogen and oxygen atoms in total. The van der Waals surface area contributed by atoms with Crippen LogP contribution < -0.4 is 14.8 Å². The molecule has 0 fully saturated rings. The highest BCUT2D eigenvalue weighted by atomic mass is 32.1. The number of anilines is 1. The minimum atomic E-state index is -0.569. The molecule has 0 saturated carbocycles. The second kappa shape index (κ2) is 8.13. The molecule has 2 heterocycles. The van der Waals surface area contributed by atoms with E-state index in [1.807, 2.05) is 6.07 Å². The molecule has 1 N–H and O–H groups in total. The summed E-state index contributed by atoms with van der Waals surface area (Å²) in [7, 11) is 1.48. The van der Waals surface area contributed by atoms with E-state index in [-0.39, 0.29) is 11.4 Å². The average Bonchev–Trinajstić information content (AvgIpc) is 3.35. The smallest absolute Gasteiger partial charge is 0.310 e. The maximum atomic E-state index is 12.4. The zero-order valence-corrected chi connectivity index (χ0v) is 16.3. The summed E-state index contributed by atoms with van der Waals surface area (Å²) in [6, 6.07) is 11.1. The number of para-hydroxylation sites is 2. The molecule has 0 aliphatic carbocycles. The number of amides is 1. The monoisotopic (exact) mass is 426 g/mol. The topological polar surface area (TPSA) is 134 Å². The fourth-order valence-corrected chi connectivity index (χ4v) is 3.49. The zero-order valence-electron chi connectivity index (χ0n) is 15.5. The summed E-state index contributed by atoms with van der Waals surface area (Å²) in [4.78, 5) is 23.5. The predicted molar refractivity (Wildman–Crippen MR) is 108 cm³/mol. The lowest BCUT2D eigenvalue weighted by Gasteiger charge is -2.12. The molecule has 0 aliphatic rings. The third-order valence-corrected chi connectivity index (χ3v) is 4.99. The zero-order chi connectivity index (χ0) is 21.1. The lowest BCUT2D eigenvalue weighted by Crippen LogP contribution is -2.20. The Morgan fingerprint density at radius 3 is 2.87 bits per heavy atom. The Balaban J connectivity index is 1.51. The maximum absolute atomic E-state index is 12.4. The van der Waals surface area contributed by atoms with Crippen molar-refractivity contribution >= 4 is 33.6 Å². The van der Waals surface area contributed by atoms with Crippen LogP contribution in [0.1, 0.15) is 0 Å². The van der Waals surface area contributed by atoms with Crippen molar-refractivity contribution in [3.05, 3.63) is 58.9 Å². The fourth-order valence-electron chi connectivity index (χ4n) is 2.67. The molecule has 4 rings (SSSR count). The van der Waals surface area contributed by atoms with Crippen LogP contribution >= 0.6 is 11.3 Å². The molecule has 4 aromatic rings. The van der Waals surface area contributed by atoms with E-state index in [0.717, 1.165) is 5.56 Å². The molecule has 2 aromatic carbocycles. The summed E-state index contributed by atoms with van der Waals surface area (Å²) in [5.41, 5.74) is 0.950. The van der Waals surface area contributed by atoms with Gasteiger partial charge in [-0.2, -0.15) is 9.61 Å². The predicted octanol–water partition coefficient (Wildman–Crippen LogP) is 2.79. The Morgan fingerprint density at radius 2 is 2.10 bits per heavy atom. The highest BCUT2D eigenvalue weighted by Crippen LogP contribution is 2.32. The van der Waals surface area contributed by atoms with Gasteiger partial charge in [0.15, 0.2) is 12.4 Å². The molecule has 0 saturated heterocycles. The van der Waals surface area contributed by atoms with Gasteiger partial charge in [0.25, 0.3) is 5.91 Å². The molecular weight excluding hydrogens is 412 g/mol. The third-order valence-electron chi connectivity index (χ3n) is 4.03. The number of aromatic nitrogens is 4. The van der Waals surface area contributed by atoms with E-state index >= 15 is 0 Å². The van der Waals surface area contributed by atoms with Crippen molar-refractivity contribution in [2.75, 3.05) is 19.0 Å². The van der Waals surface area contributed by atoms with E-state index in [1.165, 1.54) is 43.0 Å². The minimum absolute atomic E-state index is 0.0121. The number of carbonyl (C=O) groups is 1. The normalized spacial score (nSPS) is 10.7. The first kappa shape index (κ1) is 19.3. The summed E-state index contributed by atoms with van der Waals surface area (Å²) in [5.74, 6) is -0.0411. The highest BCUT2D eigenvalue weighted by molar-refractivity contribution is 7.19. The molecule has 30 heavy (non-hydrogen) atoms. The van der Waals surface area contributed by atoms with Gasteiger partial charge in [-0.05, 0) is 24.3 Å². The molecule has 0 atom stereocenters. The molecule has 12 heteroatoms. The van der Waals surface area contributed by atoms with E-state index in [4.69, 9.17) is 9.47 Å². The van der Waals surface area contributed by atoms with Gasteiger partial charge in [-0.15, -0.1) is 10.2 Å². The molecule has 0 aliphatic heterocycles. The van der Waals surface area contributed by atoms with Gasteiger partial charge in [0.2, 0.25) is 4.96 Å². The lowest BCUT2D eigenvalue weighted by atomic mass is 10.2. The Kier molecular flexibility index (Phi) is 5.22. The summed E-state index contributed by atoms with van der Waals surface area (Å²) in [5, 5.41) is 26.6. The molecule has 152 valence electrons. The first-order valence-electron chi connectivity index (χ1n) is 8.56. The number of rotatable bonds is 7. The first-order valence-corrected chi connectivity index (χ1v) is 9.38. The van der Waals surface area contributed by atoms with Gasteiger partial charge in [0.05, 0.1) is 17.7 Å². The number of carbonyl (C=O) groups excluding carboxylic acids is 1. The van der Waals surface area contributed by atoms with Crippen molar-refractivity contribution in [3.63, 3.8) is 0 Å². The van der Waals surface area contributed by atoms with E-state index < -0.39 is 17.4 Å². The summed E-state index contributed by atoms with van der Waals surface area (Å²) in [6.45, 7) is -0.408. The summed E-state index contributed by atoms with van der Waals surface area (Å²) >= 11 is 1.35. The number of hydrogen-bond donors (Lipinski definition) is 1. The number of hydrogen-bond acceptors (Lipinski definition) is 9. The number of nitrogens with zero attached hydrogens (tertiary/aromatic N) is 5. The van der Waals surface area contributed by atoms with Crippen molar-refractivity contribution in [3.8, 4) is 22.1 Å². The van der Waals surface area contributed by atoms with E-state index in [1.54, 1.807) is 22.7 Å². The summed E-state index contributed by atoms with van der Waals surface area (Å²) < 4.78 is 12.2. The number of nitrogens with one attached hydrogen (secondary N) is 1.